The molecule has 0 bridgehead atoms. The van der Waals surface area contributed by atoms with Crippen molar-refractivity contribution in [1.82, 2.24) is 19.9 Å². The first-order chi connectivity index (χ1) is 11.2. The SMILES string of the molecule is Nc1cc(C2CCNCC2)nc2cc(-c3ccc(F)cc3)nn12. The largest absolute Gasteiger partial charge is 0.384 e. The number of nitrogens with one attached hydrogen (secondary N) is 1. The van der Waals surface area contributed by atoms with Crippen molar-refractivity contribution in [3.63, 3.8) is 0 Å². The Morgan fingerprint density at radius 3 is 2.61 bits per heavy atom. The number of nitrogens with two attached hydrogens (primary N) is 1. The molecule has 1 fully saturated rings. The highest BCUT2D eigenvalue weighted by atomic mass is 19.1. The fourth-order valence-electron chi connectivity index (χ4n) is 3.11. The number of hydrogen-bond donors (Lipinski definition) is 2. The molecule has 0 aliphatic carbocycles. The molecule has 0 spiro atoms. The van der Waals surface area contributed by atoms with Crippen LogP contribution >= 0.6 is 0 Å². The molecular weight excluding hydrogens is 293 g/mol. The van der Waals surface area contributed by atoms with Gasteiger partial charge in [0, 0.05) is 29.3 Å². The molecule has 0 unspecified atom stereocenters. The van der Waals surface area contributed by atoms with Crippen LogP contribution in [0.1, 0.15) is 24.5 Å². The number of nitrogens with zero attached hydrogens (tertiary/aromatic N) is 3. The molecule has 5 nitrogen and oxygen atoms in total. The summed E-state index contributed by atoms with van der Waals surface area (Å²) in [6.45, 7) is 2.02. The van der Waals surface area contributed by atoms with Crippen molar-refractivity contribution in [1.29, 1.82) is 0 Å². The molecule has 1 aromatic carbocycles. The molecule has 0 radical (unpaired) electrons. The van der Waals surface area contributed by atoms with Gasteiger partial charge in [0.15, 0.2) is 5.65 Å². The monoisotopic (exact) mass is 311 g/mol. The number of fused-ring (bicyclic) bond motifs is 1. The van der Waals surface area contributed by atoms with Gasteiger partial charge in [-0.3, -0.25) is 0 Å². The molecule has 1 aliphatic heterocycles. The van der Waals surface area contributed by atoms with Gasteiger partial charge in [-0.05, 0) is 50.2 Å². The second-order valence-corrected chi connectivity index (χ2v) is 5.94. The topological polar surface area (TPSA) is 68.2 Å². The molecule has 118 valence electrons. The summed E-state index contributed by atoms with van der Waals surface area (Å²) < 4.78 is 14.7. The van der Waals surface area contributed by atoms with Crippen molar-refractivity contribution in [2.45, 2.75) is 18.8 Å². The van der Waals surface area contributed by atoms with Gasteiger partial charge in [0.25, 0.3) is 0 Å². The standard InChI is InChI=1S/C17H18FN5/c18-13-3-1-11(2-4-13)15-10-17-21-14(9-16(19)23(17)22-15)12-5-7-20-8-6-12/h1-4,9-10,12,20H,5-8,19H2. The second-order valence-electron chi connectivity index (χ2n) is 5.94. The third-order valence-electron chi connectivity index (χ3n) is 4.37. The molecule has 23 heavy (non-hydrogen) atoms. The Hall–Kier alpha value is -2.47. The van der Waals surface area contributed by atoms with Gasteiger partial charge in [-0.2, -0.15) is 9.61 Å². The Kier molecular flexibility index (Phi) is 3.46. The van der Waals surface area contributed by atoms with E-state index in [1.807, 2.05) is 12.1 Å². The van der Waals surface area contributed by atoms with Crippen LogP contribution in [0.15, 0.2) is 36.4 Å². The fraction of sp³-hybridized carbons (Fsp3) is 0.294. The number of anilines is 1. The van der Waals surface area contributed by atoms with E-state index in [0.717, 1.165) is 48.5 Å². The first-order valence-electron chi connectivity index (χ1n) is 7.83. The van der Waals surface area contributed by atoms with Crippen LogP contribution < -0.4 is 11.1 Å². The molecule has 0 atom stereocenters. The number of rotatable bonds is 2. The average molecular weight is 311 g/mol. The quantitative estimate of drug-likeness (QED) is 0.763. The first-order valence-corrected chi connectivity index (χ1v) is 7.83. The lowest BCUT2D eigenvalue weighted by Gasteiger charge is -2.22. The van der Waals surface area contributed by atoms with Crippen molar-refractivity contribution >= 4 is 11.5 Å². The zero-order valence-corrected chi connectivity index (χ0v) is 12.7. The third-order valence-corrected chi connectivity index (χ3v) is 4.37. The molecule has 1 saturated heterocycles. The number of benzene rings is 1. The van der Waals surface area contributed by atoms with E-state index in [0.29, 0.717) is 11.7 Å². The second kappa shape index (κ2) is 5.62. The lowest BCUT2D eigenvalue weighted by atomic mass is 9.94. The van der Waals surface area contributed by atoms with Crippen molar-refractivity contribution in [3.8, 4) is 11.3 Å². The van der Waals surface area contributed by atoms with Crippen molar-refractivity contribution in [2.75, 3.05) is 18.8 Å². The van der Waals surface area contributed by atoms with E-state index < -0.39 is 0 Å². The fourth-order valence-corrected chi connectivity index (χ4v) is 3.11. The van der Waals surface area contributed by atoms with E-state index in [1.165, 1.54) is 12.1 Å². The van der Waals surface area contributed by atoms with Crippen LogP contribution in [0, 0.1) is 5.82 Å². The number of nitrogen functional groups attached to an aromatic ring is 1. The number of hydrogen-bond acceptors (Lipinski definition) is 4. The molecule has 2 aromatic heterocycles. The van der Waals surface area contributed by atoms with Gasteiger partial charge < -0.3 is 11.1 Å². The Labute approximate surface area is 133 Å². The molecule has 3 heterocycles. The smallest absolute Gasteiger partial charge is 0.158 e. The van der Waals surface area contributed by atoms with Crippen LogP contribution in [0.5, 0.6) is 0 Å². The van der Waals surface area contributed by atoms with Gasteiger partial charge in [0.1, 0.15) is 11.6 Å². The Morgan fingerprint density at radius 2 is 1.87 bits per heavy atom. The molecule has 3 aromatic rings. The highest BCUT2D eigenvalue weighted by Crippen LogP contribution is 2.27. The molecular formula is C17H18FN5. The zero-order valence-electron chi connectivity index (χ0n) is 12.7. The van der Waals surface area contributed by atoms with Gasteiger partial charge >= 0.3 is 0 Å². The Balaban J connectivity index is 1.75. The zero-order chi connectivity index (χ0) is 15.8. The summed E-state index contributed by atoms with van der Waals surface area (Å²) in [4.78, 5) is 4.74. The van der Waals surface area contributed by atoms with Crippen LogP contribution in [-0.2, 0) is 0 Å². The average Bonchev–Trinajstić information content (AvgIpc) is 3.01. The maximum absolute atomic E-state index is 13.1. The summed E-state index contributed by atoms with van der Waals surface area (Å²) in [5.41, 5.74) is 9.52. The van der Waals surface area contributed by atoms with Crippen LogP contribution in [-0.4, -0.2) is 27.7 Å². The van der Waals surface area contributed by atoms with E-state index in [4.69, 9.17) is 10.7 Å². The van der Waals surface area contributed by atoms with Gasteiger partial charge in [0.05, 0.1) is 5.69 Å². The molecule has 0 saturated carbocycles. The van der Waals surface area contributed by atoms with E-state index in [2.05, 4.69) is 10.4 Å². The summed E-state index contributed by atoms with van der Waals surface area (Å²) in [6, 6.07) is 10.1. The first kappa shape index (κ1) is 14.1. The summed E-state index contributed by atoms with van der Waals surface area (Å²) in [7, 11) is 0. The lowest BCUT2D eigenvalue weighted by Crippen LogP contribution is -2.27. The minimum Gasteiger partial charge on any atom is -0.384 e. The number of halogens is 1. The lowest BCUT2D eigenvalue weighted by molar-refractivity contribution is 0.453. The van der Waals surface area contributed by atoms with Crippen molar-refractivity contribution in [2.24, 2.45) is 0 Å². The number of piperidine rings is 1. The summed E-state index contributed by atoms with van der Waals surface area (Å²) in [5, 5.41) is 7.85. The minimum atomic E-state index is -0.261. The van der Waals surface area contributed by atoms with Crippen molar-refractivity contribution in [3.05, 3.63) is 47.9 Å². The van der Waals surface area contributed by atoms with Crippen LogP contribution in [0.2, 0.25) is 0 Å². The summed E-state index contributed by atoms with van der Waals surface area (Å²) in [6.07, 6.45) is 2.14. The van der Waals surface area contributed by atoms with E-state index in [1.54, 1.807) is 16.6 Å². The summed E-state index contributed by atoms with van der Waals surface area (Å²) >= 11 is 0. The Bertz CT molecular complexity index is 834. The van der Waals surface area contributed by atoms with E-state index in [9.17, 15) is 4.39 Å². The molecule has 6 heteroatoms. The van der Waals surface area contributed by atoms with Crippen LogP contribution in [0.3, 0.4) is 0 Å². The molecule has 4 rings (SSSR count). The summed E-state index contributed by atoms with van der Waals surface area (Å²) in [5.74, 6) is 0.757. The van der Waals surface area contributed by atoms with Crippen molar-refractivity contribution < 1.29 is 4.39 Å². The van der Waals surface area contributed by atoms with Crippen LogP contribution in [0.25, 0.3) is 16.9 Å². The van der Waals surface area contributed by atoms with Gasteiger partial charge in [-0.15, -0.1) is 0 Å². The van der Waals surface area contributed by atoms with Gasteiger partial charge in [-0.1, -0.05) is 0 Å². The predicted molar refractivity (Wildman–Crippen MR) is 87.6 cm³/mol. The van der Waals surface area contributed by atoms with E-state index >= 15 is 0 Å². The van der Waals surface area contributed by atoms with E-state index in [-0.39, 0.29) is 5.82 Å². The van der Waals surface area contributed by atoms with Crippen LogP contribution in [0.4, 0.5) is 10.2 Å². The van der Waals surface area contributed by atoms with Gasteiger partial charge in [-0.25, -0.2) is 9.37 Å². The third kappa shape index (κ3) is 2.66. The molecule has 0 amide bonds. The Morgan fingerprint density at radius 1 is 1.13 bits per heavy atom. The maximum Gasteiger partial charge on any atom is 0.158 e. The maximum atomic E-state index is 13.1. The normalized spacial score (nSPS) is 16.0. The highest BCUT2D eigenvalue weighted by Gasteiger charge is 2.18. The highest BCUT2D eigenvalue weighted by molar-refractivity contribution is 5.65. The predicted octanol–water partition coefficient (Wildman–Crippen LogP) is 2.58. The van der Waals surface area contributed by atoms with Gasteiger partial charge in [0.2, 0.25) is 0 Å². The minimum absolute atomic E-state index is 0.261. The molecule has 3 N–H and O–H groups in total. The number of aromatic nitrogens is 3. The molecule has 1 aliphatic rings.